The van der Waals surface area contributed by atoms with Gasteiger partial charge in [0.25, 0.3) is 0 Å². The highest BCUT2D eigenvalue weighted by Gasteiger charge is 2.53. The van der Waals surface area contributed by atoms with Gasteiger partial charge in [-0.15, -0.1) is 0 Å². The van der Waals surface area contributed by atoms with Crippen molar-refractivity contribution in [3.8, 4) is 0 Å². The molecule has 0 saturated carbocycles. The summed E-state index contributed by atoms with van der Waals surface area (Å²) in [4.78, 5) is 23.5. The zero-order valence-electron chi connectivity index (χ0n) is 10.4. The maximum absolute atomic E-state index is 12.1. The van der Waals surface area contributed by atoms with Gasteiger partial charge >= 0.3 is 11.9 Å². The second-order valence-corrected chi connectivity index (χ2v) is 5.27. The Kier molecular flexibility index (Phi) is 3.62. The van der Waals surface area contributed by atoms with Crippen LogP contribution >= 0.6 is 0 Å². The van der Waals surface area contributed by atoms with Crippen molar-refractivity contribution in [1.29, 1.82) is 0 Å². The zero-order chi connectivity index (χ0) is 13.3. The fourth-order valence-electron chi connectivity index (χ4n) is 1.83. The van der Waals surface area contributed by atoms with Gasteiger partial charge in [-0.1, -0.05) is 12.2 Å². The van der Waals surface area contributed by atoms with Crippen LogP contribution in [0.5, 0.6) is 0 Å². The van der Waals surface area contributed by atoms with Gasteiger partial charge in [0.05, 0.1) is 0 Å². The van der Waals surface area contributed by atoms with E-state index in [2.05, 4.69) is 0 Å². The standard InChI is InChI=1S/C12H19NO4/c1-11(2,3)17-10(16)12(9(14)15)7-5-4-6-8(12)13/h4,6,8H,5,7,13H2,1-3H3,(H,14,15). The average Bonchev–Trinajstić information content (AvgIpc) is 2.15. The summed E-state index contributed by atoms with van der Waals surface area (Å²) < 4.78 is 5.18. The van der Waals surface area contributed by atoms with E-state index in [4.69, 9.17) is 10.5 Å². The Labute approximate surface area is 101 Å². The van der Waals surface area contributed by atoms with E-state index in [0.29, 0.717) is 6.42 Å². The highest BCUT2D eigenvalue weighted by molar-refractivity contribution is 6.00. The molecule has 0 heterocycles. The third kappa shape index (κ3) is 2.66. The quantitative estimate of drug-likeness (QED) is 0.429. The summed E-state index contributed by atoms with van der Waals surface area (Å²) in [6.45, 7) is 5.10. The Hall–Kier alpha value is -1.36. The van der Waals surface area contributed by atoms with Crippen molar-refractivity contribution in [3.05, 3.63) is 12.2 Å². The summed E-state index contributed by atoms with van der Waals surface area (Å²) >= 11 is 0. The lowest BCUT2D eigenvalue weighted by molar-refractivity contribution is -0.178. The first-order valence-electron chi connectivity index (χ1n) is 5.59. The molecule has 5 heteroatoms. The van der Waals surface area contributed by atoms with Crippen LogP contribution in [-0.2, 0) is 14.3 Å². The van der Waals surface area contributed by atoms with Gasteiger partial charge in [0.1, 0.15) is 5.60 Å². The van der Waals surface area contributed by atoms with Gasteiger partial charge in [-0.2, -0.15) is 0 Å². The van der Waals surface area contributed by atoms with E-state index < -0.39 is 29.0 Å². The maximum atomic E-state index is 12.1. The number of nitrogens with two attached hydrogens (primary N) is 1. The van der Waals surface area contributed by atoms with Crippen LogP contribution in [0.2, 0.25) is 0 Å². The van der Waals surface area contributed by atoms with Crippen molar-refractivity contribution < 1.29 is 19.4 Å². The van der Waals surface area contributed by atoms with E-state index in [9.17, 15) is 14.7 Å². The van der Waals surface area contributed by atoms with Gasteiger partial charge in [-0.3, -0.25) is 9.59 Å². The lowest BCUT2D eigenvalue weighted by Gasteiger charge is -2.35. The summed E-state index contributed by atoms with van der Waals surface area (Å²) in [6.07, 6.45) is 4.03. The lowest BCUT2D eigenvalue weighted by Crippen LogP contribution is -2.55. The minimum absolute atomic E-state index is 0.176. The minimum atomic E-state index is -1.65. The molecule has 0 amide bonds. The molecular formula is C12H19NO4. The number of allylic oxidation sites excluding steroid dienone is 1. The Bertz CT molecular complexity index is 356. The third-order valence-corrected chi connectivity index (χ3v) is 2.76. The molecule has 1 aliphatic rings. The molecule has 0 aromatic rings. The third-order valence-electron chi connectivity index (χ3n) is 2.76. The van der Waals surface area contributed by atoms with Crippen LogP contribution < -0.4 is 5.73 Å². The molecule has 0 radical (unpaired) electrons. The Balaban J connectivity index is 3.05. The molecule has 1 rings (SSSR count). The van der Waals surface area contributed by atoms with Crippen LogP contribution in [0.15, 0.2) is 12.2 Å². The first kappa shape index (κ1) is 13.7. The van der Waals surface area contributed by atoms with Gasteiger partial charge in [-0.25, -0.2) is 0 Å². The van der Waals surface area contributed by atoms with Gasteiger partial charge in [-0.05, 0) is 33.6 Å². The van der Waals surface area contributed by atoms with Crippen molar-refractivity contribution in [2.75, 3.05) is 0 Å². The van der Waals surface area contributed by atoms with Gasteiger partial charge in [0, 0.05) is 6.04 Å². The molecule has 0 aliphatic heterocycles. The molecule has 96 valence electrons. The van der Waals surface area contributed by atoms with Crippen molar-refractivity contribution in [2.45, 2.75) is 45.3 Å². The number of carboxylic acids is 1. The summed E-state index contributed by atoms with van der Waals surface area (Å²) in [5.41, 5.74) is 3.39. The minimum Gasteiger partial charge on any atom is -0.480 e. The van der Waals surface area contributed by atoms with Crippen LogP contribution in [0.25, 0.3) is 0 Å². The molecule has 2 atom stereocenters. The number of carbonyl (C=O) groups is 2. The molecule has 0 aromatic carbocycles. The Morgan fingerprint density at radius 2 is 2.06 bits per heavy atom. The summed E-state index contributed by atoms with van der Waals surface area (Å²) in [5, 5.41) is 9.31. The summed E-state index contributed by atoms with van der Waals surface area (Å²) in [7, 11) is 0. The van der Waals surface area contributed by atoms with Crippen LogP contribution in [0, 0.1) is 5.41 Å². The number of esters is 1. The van der Waals surface area contributed by atoms with Crippen molar-refractivity contribution in [3.63, 3.8) is 0 Å². The average molecular weight is 241 g/mol. The number of hydrogen-bond donors (Lipinski definition) is 2. The highest BCUT2D eigenvalue weighted by atomic mass is 16.6. The smallest absolute Gasteiger partial charge is 0.325 e. The van der Waals surface area contributed by atoms with Crippen molar-refractivity contribution in [2.24, 2.45) is 11.1 Å². The van der Waals surface area contributed by atoms with E-state index in [-0.39, 0.29) is 6.42 Å². The fraction of sp³-hybridized carbons (Fsp3) is 0.667. The number of carbonyl (C=O) groups excluding carboxylic acids is 1. The van der Waals surface area contributed by atoms with Crippen molar-refractivity contribution in [1.82, 2.24) is 0 Å². The molecule has 1 aliphatic carbocycles. The molecule has 0 fully saturated rings. The van der Waals surface area contributed by atoms with E-state index in [1.165, 1.54) is 0 Å². The van der Waals surface area contributed by atoms with E-state index >= 15 is 0 Å². The predicted molar refractivity (Wildman–Crippen MR) is 62.3 cm³/mol. The Morgan fingerprint density at radius 1 is 1.47 bits per heavy atom. The van der Waals surface area contributed by atoms with Gasteiger partial charge < -0.3 is 15.6 Å². The van der Waals surface area contributed by atoms with E-state index in [1.54, 1.807) is 32.9 Å². The SMILES string of the molecule is CC(C)(C)OC(=O)C1(C(=O)O)CCC=CC1N. The van der Waals surface area contributed by atoms with Crippen molar-refractivity contribution >= 4 is 11.9 Å². The topological polar surface area (TPSA) is 89.6 Å². The number of carboxylic acid groups (broad SMARTS) is 1. The largest absolute Gasteiger partial charge is 0.480 e. The maximum Gasteiger partial charge on any atom is 0.325 e. The monoisotopic (exact) mass is 241 g/mol. The molecule has 2 unspecified atom stereocenters. The number of rotatable bonds is 2. The van der Waals surface area contributed by atoms with Crippen LogP contribution in [0.3, 0.4) is 0 Å². The second-order valence-electron chi connectivity index (χ2n) is 5.27. The first-order chi connectivity index (χ1) is 7.70. The summed E-state index contributed by atoms with van der Waals surface area (Å²) in [6, 6.07) is -0.844. The number of ether oxygens (including phenoxy) is 1. The normalized spacial score (nSPS) is 28.8. The molecule has 0 saturated heterocycles. The van der Waals surface area contributed by atoms with Gasteiger partial charge in [0.2, 0.25) is 0 Å². The lowest BCUT2D eigenvalue weighted by atomic mass is 9.73. The number of aliphatic carboxylic acids is 1. The van der Waals surface area contributed by atoms with Crippen LogP contribution in [0.4, 0.5) is 0 Å². The molecule has 5 nitrogen and oxygen atoms in total. The van der Waals surface area contributed by atoms with Crippen LogP contribution in [-0.4, -0.2) is 28.7 Å². The molecule has 3 N–H and O–H groups in total. The molecule has 0 aromatic heterocycles. The van der Waals surface area contributed by atoms with E-state index in [0.717, 1.165) is 0 Å². The predicted octanol–water partition coefficient (Wildman–Crippen LogP) is 1.08. The van der Waals surface area contributed by atoms with Crippen LogP contribution in [0.1, 0.15) is 33.6 Å². The molecule has 0 spiro atoms. The molecule has 17 heavy (non-hydrogen) atoms. The second kappa shape index (κ2) is 4.49. The highest BCUT2D eigenvalue weighted by Crippen LogP contribution is 2.35. The Morgan fingerprint density at radius 3 is 2.47 bits per heavy atom. The van der Waals surface area contributed by atoms with Gasteiger partial charge in [0.15, 0.2) is 5.41 Å². The first-order valence-corrected chi connectivity index (χ1v) is 5.59. The summed E-state index contributed by atoms with van der Waals surface area (Å²) in [5.74, 6) is -1.97. The number of hydrogen-bond acceptors (Lipinski definition) is 4. The molecule has 0 bridgehead atoms. The fourth-order valence-corrected chi connectivity index (χ4v) is 1.83. The van der Waals surface area contributed by atoms with E-state index in [1.807, 2.05) is 0 Å². The zero-order valence-corrected chi connectivity index (χ0v) is 10.4. The molecular weight excluding hydrogens is 222 g/mol.